The molecule has 0 fully saturated rings. The summed E-state index contributed by atoms with van der Waals surface area (Å²) in [6, 6.07) is 12.2. The second-order valence-electron chi connectivity index (χ2n) is 4.76. The Bertz CT molecular complexity index is 796. The van der Waals surface area contributed by atoms with E-state index in [0.29, 0.717) is 0 Å². The highest BCUT2D eigenvalue weighted by Gasteiger charge is 2.33. The zero-order valence-corrected chi connectivity index (χ0v) is 12.4. The van der Waals surface area contributed by atoms with E-state index < -0.39 is 10.9 Å². The molecule has 5 nitrogen and oxygen atoms in total. The normalized spacial score (nSPS) is 14.8. The number of carbonyl (C=O) groups is 1. The van der Waals surface area contributed by atoms with E-state index in [4.69, 9.17) is 4.74 Å². The molecule has 2 aromatic carbocycles. The fourth-order valence-electron chi connectivity index (χ4n) is 2.15. The Morgan fingerprint density at radius 3 is 2.59 bits per heavy atom. The Kier molecular flexibility index (Phi) is 3.68. The van der Waals surface area contributed by atoms with E-state index in [9.17, 15) is 14.9 Å². The number of hydrogen-bond donors (Lipinski definition) is 0. The van der Waals surface area contributed by atoms with Crippen LogP contribution >= 0.6 is 11.8 Å². The number of nitro benzene ring substituents is 1. The van der Waals surface area contributed by atoms with Crippen molar-refractivity contribution in [2.24, 2.45) is 0 Å². The van der Waals surface area contributed by atoms with Crippen molar-refractivity contribution in [1.29, 1.82) is 0 Å². The smallest absolute Gasteiger partial charge is 0.344 e. The predicted molar refractivity (Wildman–Crippen MR) is 83.5 cm³/mol. The number of aryl methyl sites for hydroxylation is 1. The van der Waals surface area contributed by atoms with Gasteiger partial charge in [0, 0.05) is 16.4 Å². The van der Waals surface area contributed by atoms with Gasteiger partial charge in [-0.3, -0.25) is 10.1 Å². The molecular weight excluding hydrogens is 302 g/mol. The summed E-state index contributed by atoms with van der Waals surface area (Å²) in [6.45, 7) is 1.99. The molecule has 22 heavy (non-hydrogen) atoms. The van der Waals surface area contributed by atoms with Crippen LogP contribution in [0.1, 0.15) is 21.5 Å². The van der Waals surface area contributed by atoms with Gasteiger partial charge in [-0.25, -0.2) is 4.79 Å². The lowest BCUT2D eigenvalue weighted by Gasteiger charge is -2.01. The summed E-state index contributed by atoms with van der Waals surface area (Å²) < 4.78 is 5.16. The minimum Gasteiger partial charge on any atom is -0.421 e. The molecule has 0 amide bonds. The number of ether oxygens (including phenoxy) is 1. The lowest BCUT2D eigenvalue weighted by atomic mass is 10.1. The molecule has 6 heteroatoms. The molecule has 0 bridgehead atoms. The van der Waals surface area contributed by atoms with Crippen molar-refractivity contribution in [1.82, 2.24) is 0 Å². The molecule has 0 N–H and O–H groups in total. The number of cyclic esters (lactones) is 1. The first kappa shape index (κ1) is 14.3. The molecule has 110 valence electrons. The first-order valence-corrected chi connectivity index (χ1v) is 7.37. The molecule has 0 aliphatic carbocycles. The molecule has 1 aliphatic heterocycles. The van der Waals surface area contributed by atoms with Gasteiger partial charge in [0.1, 0.15) is 5.56 Å². The van der Waals surface area contributed by atoms with Crippen LogP contribution in [0, 0.1) is 17.0 Å². The first-order chi connectivity index (χ1) is 10.6. The van der Waals surface area contributed by atoms with Gasteiger partial charge in [0.25, 0.3) is 5.69 Å². The molecular formula is C16H11NO4S. The zero-order chi connectivity index (χ0) is 15.7. The summed E-state index contributed by atoms with van der Waals surface area (Å²) in [7, 11) is 0. The number of esters is 1. The Morgan fingerprint density at radius 2 is 1.91 bits per heavy atom. The number of nitrogens with zero attached hydrogens (tertiary/aromatic N) is 1. The molecule has 0 spiro atoms. The van der Waals surface area contributed by atoms with Crippen LogP contribution in [0.15, 0.2) is 52.8 Å². The van der Waals surface area contributed by atoms with Crippen LogP contribution in [-0.4, -0.2) is 10.9 Å². The van der Waals surface area contributed by atoms with Crippen LogP contribution < -0.4 is 0 Å². The number of carbonyl (C=O) groups excluding carboxylic acids is 1. The van der Waals surface area contributed by atoms with Crippen LogP contribution in [0.5, 0.6) is 0 Å². The van der Waals surface area contributed by atoms with Crippen molar-refractivity contribution < 1.29 is 14.5 Å². The highest BCUT2D eigenvalue weighted by molar-refractivity contribution is 8.02. The first-order valence-electron chi connectivity index (χ1n) is 6.50. The minimum absolute atomic E-state index is 0.126. The third-order valence-electron chi connectivity index (χ3n) is 3.23. The fourth-order valence-corrected chi connectivity index (χ4v) is 2.85. The molecule has 0 saturated carbocycles. The Balaban J connectivity index is 1.98. The van der Waals surface area contributed by atoms with E-state index in [1.165, 1.54) is 30.0 Å². The number of fused-ring (bicyclic) bond motifs is 1. The zero-order valence-electron chi connectivity index (χ0n) is 11.6. The predicted octanol–water partition coefficient (Wildman–Crippen LogP) is 4.16. The van der Waals surface area contributed by atoms with Gasteiger partial charge in [-0.15, -0.1) is 0 Å². The van der Waals surface area contributed by atoms with Crippen molar-refractivity contribution >= 4 is 29.2 Å². The van der Waals surface area contributed by atoms with E-state index in [1.807, 2.05) is 31.2 Å². The van der Waals surface area contributed by atoms with Gasteiger partial charge in [-0.1, -0.05) is 35.5 Å². The average molecular weight is 313 g/mol. The van der Waals surface area contributed by atoms with Crippen LogP contribution in [0.4, 0.5) is 5.69 Å². The van der Waals surface area contributed by atoms with Gasteiger partial charge in [0.2, 0.25) is 0 Å². The summed E-state index contributed by atoms with van der Waals surface area (Å²) in [5.41, 5.74) is 1.49. The largest absolute Gasteiger partial charge is 0.421 e. The van der Waals surface area contributed by atoms with Crippen molar-refractivity contribution in [2.75, 3.05) is 0 Å². The summed E-state index contributed by atoms with van der Waals surface area (Å²) in [6.07, 6.45) is 0. The van der Waals surface area contributed by atoms with E-state index in [1.54, 1.807) is 5.41 Å². The average Bonchev–Trinajstić information content (AvgIpc) is 2.83. The Morgan fingerprint density at radius 1 is 1.18 bits per heavy atom. The van der Waals surface area contributed by atoms with E-state index in [0.717, 1.165) is 10.5 Å². The van der Waals surface area contributed by atoms with Gasteiger partial charge in [-0.2, -0.15) is 0 Å². The lowest BCUT2D eigenvalue weighted by molar-refractivity contribution is -0.385. The molecule has 0 atom stereocenters. The fraction of sp³-hybridized carbons (Fsp3) is 0.0625. The molecule has 1 aliphatic rings. The highest BCUT2D eigenvalue weighted by atomic mass is 32.2. The second-order valence-corrected chi connectivity index (χ2v) is 5.70. The van der Waals surface area contributed by atoms with Crippen LogP contribution in [0.25, 0.3) is 5.76 Å². The molecule has 2 aromatic rings. The molecule has 1 heterocycles. The number of nitro groups is 1. The highest BCUT2D eigenvalue weighted by Crippen LogP contribution is 2.38. The molecule has 0 unspecified atom stereocenters. The lowest BCUT2D eigenvalue weighted by Crippen LogP contribution is -1.95. The number of benzene rings is 2. The van der Waals surface area contributed by atoms with Crippen LogP contribution in [-0.2, 0) is 4.74 Å². The van der Waals surface area contributed by atoms with E-state index in [-0.39, 0.29) is 22.6 Å². The summed E-state index contributed by atoms with van der Waals surface area (Å²) in [4.78, 5) is 23.4. The van der Waals surface area contributed by atoms with Gasteiger partial charge in [0.15, 0.2) is 5.76 Å². The van der Waals surface area contributed by atoms with Gasteiger partial charge in [0.05, 0.1) is 10.5 Å². The molecule has 0 radical (unpaired) electrons. The van der Waals surface area contributed by atoms with Gasteiger partial charge < -0.3 is 4.74 Å². The van der Waals surface area contributed by atoms with Crippen LogP contribution in [0.3, 0.4) is 0 Å². The molecule has 0 saturated heterocycles. The quantitative estimate of drug-likeness (QED) is 0.368. The SMILES string of the molecule is Cc1ccc(S/C=C2\OC(=O)c3cccc([N+](=O)[O-])c32)cc1. The Hall–Kier alpha value is -2.60. The van der Waals surface area contributed by atoms with Gasteiger partial charge >= 0.3 is 5.97 Å². The van der Waals surface area contributed by atoms with Crippen molar-refractivity contribution in [3.8, 4) is 0 Å². The van der Waals surface area contributed by atoms with Crippen molar-refractivity contribution in [3.05, 3.63) is 74.7 Å². The van der Waals surface area contributed by atoms with Crippen molar-refractivity contribution in [2.45, 2.75) is 11.8 Å². The van der Waals surface area contributed by atoms with Crippen molar-refractivity contribution in [3.63, 3.8) is 0 Å². The summed E-state index contributed by atoms with van der Waals surface area (Å²) in [5, 5.41) is 12.8. The maximum Gasteiger partial charge on any atom is 0.344 e. The third-order valence-corrected chi connectivity index (χ3v) is 4.11. The third kappa shape index (κ3) is 2.60. The topological polar surface area (TPSA) is 69.4 Å². The monoisotopic (exact) mass is 313 g/mol. The number of rotatable bonds is 3. The summed E-state index contributed by atoms with van der Waals surface area (Å²) in [5.74, 6) is -0.340. The molecule has 0 aromatic heterocycles. The maximum absolute atomic E-state index is 11.8. The number of hydrogen-bond acceptors (Lipinski definition) is 5. The van der Waals surface area contributed by atoms with Gasteiger partial charge in [-0.05, 0) is 25.1 Å². The minimum atomic E-state index is -0.561. The summed E-state index contributed by atoms with van der Waals surface area (Å²) >= 11 is 1.35. The standard InChI is InChI=1S/C16H11NO4S/c1-10-5-7-11(8-6-10)22-9-14-15-12(16(18)21-14)3-2-4-13(15)17(19)20/h2-9H,1H3/b14-9-. The van der Waals surface area contributed by atoms with Crippen LogP contribution in [0.2, 0.25) is 0 Å². The maximum atomic E-state index is 11.8. The Labute approximate surface area is 130 Å². The van der Waals surface area contributed by atoms with E-state index in [2.05, 4.69) is 0 Å². The van der Waals surface area contributed by atoms with E-state index >= 15 is 0 Å². The second kappa shape index (κ2) is 5.65. The number of thioether (sulfide) groups is 1. The molecule has 3 rings (SSSR count).